The monoisotopic (exact) mass is 681 g/mol. The van der Waals surface area contributed by atoms with E-state index in [0.717, 1.165) is 27.6 Å². The Hall–Kier alpha value is -4.07. The Morgan fingerprint density at radius 3 is 2.37 bits per heavy atom. The van der Waals surface area contributed by atoms with E-state index in [1.54, 1.807) is 67.8 Å². The fourth-order valence-corrected chi connectivity index (χ4v) is 8.40. The van der Waals surface area contributed by atoms with Crippen LogP contribution in [-0.4, -0.2) is 46.9 Å². The average Bonchev–Trinajstić information content (AvgIpc) is 3.44. The number of hydrogen-bond acceptors (Lipinski definition) is 9. The van der Waals surface area contributed by atoms with Gasteiger partial charge in [-0.1, -0.05) is 45.1 Å². The number of hydrogen-bond donors (Lipinski definition) is 2. The van der Waals surface area contributed by atoms with Crippen LogP contribution in [0.5, 0.6) is 17.2 Å². The van der Waals surface area contributed by atoms with Crippen molar-refractivity contribution in [3.8, 4) is 17.2 Å². The first-order valence-electron chi connectivity index (χ1n) is 13.0. The standard InChI is InChI=1S/C30H24BrN3O7S2/c1-40-19-10-6-17(7-11-19)32-22(36)14-33-29-26(43-30(33)39)23(15-3-12-20(35)21(13-15)41-2)24-25(42-29)28(38)34(27(24)37)18-8-4-16(31)5-9-18/h3-13,23-25,35H,14H2,1-2H3,(H,32,36)/t23-,24+,25-/m0/s1. The number of fused-ring (bicyclic) bond motifs is 2. The molecule has 3 aromatic carbocycles. The summed E-state index contributed by atoms with van der Waals surface area (Å²) < 4.78 is 12.6. The SMILES string of the molecule is COc1ccc(NC(=O)Cn2c3c(sc2=O)[C@@H](c2ccc(O)c(OC)c2)[C@H]2C(=O)N(c4ccc(Br)cc4)C(=O)[C@H]2S3)cc1. The minimum atomic E-state index is -0.849. The molecule has 43 heavy (non-hydrogen) atoms. The molecule has 0 radical (unpaired) electrons. The molecule has 220 valence electrons. The third kappa shape index (κ3) is 5.21. The molecule has 1 aromatic heterocycles. The topological polar surface area (TPSA) is 127 Å². The molecule has 13 heteroatoms. The van der Waals surface area contributed by atoms with Crippen LogP contribution >= 0.6 is 39.0 Å². The fourth-order valence-electron chi connectivity index (χ4n) is 5.37. The van der Waals surface area contributed by atoms with Crippen LogP contribution in [-0.2, 0) is 20.9 Å². The molecule has 0 aliphatic carbocycles. The van der Waals surface area contributed by atoms with E-state index in [4.69, 9.17) is 9.47 Å². The van der Waals surface area contributed by atoms with Gasteiger partial charge in [0, 0.05) is 21.0 Å². The van der Waals surface area contributed by atoms with Gasteiger partial charge in [0.1, 0.15) is 17.5 Å². The lowest BCUT2D eigenvalue weighted by Crippen LogP contribution is -2.33. The summed E-state index contributed by atoms with van der Waals surface area (Å²) in [4.78, 5) is 55.7. The van der Waals surface area contributed by atoms with Gasteiger partial charge in [-0.15, -0.1) is 0 Å². The Labute approximate surface area is 262 Å². The van der Waals surface area contributed by atoms with Gasteiger partial charge in [0.25, 0.3) is 0 Å². The van der Waals surface area contributed by atoms with Crippen LogP contribution in [0, 0.1) is 5.92 Å². The molecule has 10 nitrogen and oxygen atoms in total. The van der Waals surface area contributed by atoms with E-state index in [2.05, 4.69) is 21.2 Å². The number of imide groups is 1. The number of nitrogens with zero attached hydrogens (tertiary/aromatic N) is 2. The van der Waals surface area contributed by atoms with Crippen LogP contribution in [0.3, 0.4) is 0 Å². The number of phenolic OH excluding ortho intramolecular Hbond substituents is 1. The van der Waals surface area contributed by atoms with Crippen LogP contribution in [0.15, 0.2) is 81.0 Å². The summed E-state index contributed by atoms with van der Waals surface area (Å²) in [7, 11) is 2.96. The van der Waals surface area contributed by atoms with Crippen LogP contribution in [0.25, 0.3) is 0 Å². The van der Waals surface area contributed by atoms with Crippen LogP contribution in [0.1, 0.15) is 16.4 Å². The Kier molecular flexibility index (Phi) is 7.79. The maximum Gasteiger partial charge on any atom is 0.308 e. The van der Waals surface area contributed by atoms with E-state index < -0.39 is 34.8 Å². The number of carbonyl (C=O) groups is 3. The van der Waals surface area contributed by atoms with Crippen molar-refractivity contribution in [3.63, 3.8) is 0 Å². The first-order valence-corrected chi connectivity index (χ1v) is 15.5. The number of ether oxygens (including phenoxy) is 2. The molecule has 4 aromatic rings. The zero-order valence-electron chi connectivity index (χ0n) is 22.8. The molecular formula is C30H24BrN3O7S2. The second-order valence-corrected chi connectivity index (χ2v) is 12.9. The molecule has 2 aliphatic rings. The predicted octanol–water partition coefficient (Wildman–Crippen LogP) is 4.83. The minimum Gasteiger partial charge on any atom is -0.504 e. The van der Waals surface area contributed by atoms with Gasteiger partial charge in [-0.25, -0.2) is 4.90 Å². The second kappa shape index (κ2) is 11.5. The zero-order chi connectivity index (χ0) is 30.4. The highest BCUT2D eigenvalue weighted by molar-refractivity contribution is 9.10. The second-order valence-electron chi connectivity index (χ2n) is 9.86. The molecule has 0 spiro atoms. The number of phenols is 1. The van der Waals surface area contributed by atoms with Crippen LogP contribution in [0.4, 0.5) is 11.4 Å². The van der Waals surface area contributed by atoms with Gasteiger partial charge >= 0.3 is 4.87 Å². The Bertz CT molecular complexity index is 1800. The largest absolute Gasteiger partial charge is 0.504 e. The molecule has 0 saturated carbocycles. The molecule has 3 amide bonds. The third-order valence-corrected chi connectivity index (χ3v) is 10.5. The first-order chi connectivity index (χ1) is 20.7. The van der Waals surface area contributed by atoms with Crippen molar-refractivity contribution in [2.45, 2.75) is 22.7 Å². The number of amides is 3. The highest BCUT2D eigenvalue weighted by atomic mass is 79.9. The van der Waals surface area contributed by atoms with Crippen molar-refractivity contribution < 1.29 is 29.0 Å². The third-order valence-electron chi connectivity index (χ3n) is 7.37. The van der Waals surface area contributed by atoms with Crippen molar-refractivity contribution in [3.05, 3.63) is 91.3 Å². The van der Waals surface area contributed by atoms with Gasteiger partial charge in [0.15, 0.2) is 11.5 Å². The number of aromatic nitrogens is 1. The van der Waals surface area contributed by atoms with Crippen molar-refractivity contribution in [2.75, 3.05) is 24.4 Å². The number of carbonyl (C=O) groups excluding carboxylic acids is 3. The van der Waals surface area contributed by atoms with Crippen molar-refractivity contribution in [1.29, 1.82) is 0 Å². The quantitative estimate of drug-likeness (QED) is 0.266. The number of aromatic hydroxyl groups is 1. The maximum absolute atomic E-state index is 14.0. The molecule has 2 aliphatic heterocycles. The predicted molar refractivity (Wildman–Crippen MR) is 166 cm³/mol. The molecule has 0 bridgehead atoms. The zero-order valence-corrected chi connectivity index (χ0v) is 26.0. The number of methoxy groups -OCH3 is 2. The normalized spacial score (nSPS) is 19.1. The molecule has 1 saturated heterocycles. The van der Waals surface area contributed by atoms with E-state index in [1.807, 2.05) is 0 Å². The van der Waals surface area contributed by atoms with Crippen molar-refractivity contribution >= 4 is 68.1 Å². The summed E-state index contributed by atoms with van der Waals surface area (Å²) >= 11 is 5.46. The molecule has 0 unspecified atom stereocenters. The summed E-state index contributed by atoms with van der Waals surface area (Å²) in [5.41, 5.74) is 1.57. The Morgan fingerprint density at radius 2 is 1.70 bits per heavy atom. The molecule has 3 atom stereocenters. The van der Waals surface area contributed by atoms with Gasteiger partial charge in [0.05, 0.1) is 30.9 Å². The fraction of sp³-hybridized carbons (Fsp3) is 0.200. The number of nitrogens with one attached hydrogen (secondary N) is 1. The Balaban J connectivity index is 1.41. The maximum atomic E-state index is 14.0. The summed E-state index contributed by atoms with van der Waals surface area (Å²) in [6.07, 6.45) is 0. The van der Waals surface area contributed by atoms with Gasteiger partial charge in [-0.3, -0.25) is 23.7 Å². The minimum absolute atomic E-state index is 0.0838. The number of rotatable bonds is 7. The number of halogens is 1. The van der Waals surface area contributed by atoms with Gasteiger partial charge in [0.2, 0.25) is 17.7 Å². The number of benzene rings is 3. The Morgan fingerprint density at radius 1 is 0.977 bits per heavy atom. The average molecular weight is 683 g/mol. The van der Waals surface area contributed by atoms with Crippen molar-refractivity contribution in [1.82, 2.24) is 4.57 Å². The molecule has 1 fully saturated rings. The lowest BCUT2D eigenvalue weighted by Gasteiger charge is -2.31. The molecule has 2 N–H and O–H groups in total. The van der Waals surface area contributed by atoms with Crippen LogP contribution < -0.4 is 24.6 Å². The smallest absolute Gasteiger partial charge is 0.308 e. The van der Waals surface area contributed by atoms with E-state index in [1.165, 1.54) is 22.6 Å². The first kappa shape index (κ1) is 29.0. The van der Waals surface area contributed by atoms with Crippen LogP contribution in [0.2, 0.25) is 0 Å². The summed E-state index contributed by atoms with van der Waals surface area (Å²) in [5.74, 6) is -2.01. The van der Waals surface area contributed by atoms with E-state index in [9.17, 15) is 24.3 Å². The van der Waals surface area contributed by atoms with E-state index in [0.29, 0.717) is 32.6 Å². The van der Waals surface area contributed by atoms with Gasteiger partial charge < -0.3 is 19.9 Å². The highest BCUT2D eigenvalue weighted by Gasteiger charge is 2.57. The van der Waals surface area contributed by atoms with E-state index in [-0.39, 0.29) is 22.9 Å². The number of thiazole rings is 1. The number of anilines is 2. The highest BCUT2D eigenvalue weighted by Crippen LogP contribution is 2.54. The van der Waals surface area contributed by atoms with Gasteiger partial charge in [-0.2, -0.15) is 0 Å². The number of thioether (sulfide) groups is 1. The molecule has 6 rings (SSSR count). The lowest BCUT2D eigenvalue weighted by atomic mass is 9.83. The van der Waals surface area contributed by atoms with E-state index >= 15 is 0 Å². The summed E-state index contributed by atoms with van der Waals surface area (Å²) in [6.45, 7) is -0.286. The summed E-state index contributed by atoms with van der Waals surface area (Å²) in [6, 6.07) is 18.4. The van der Waals surface area contributed by atoms with Gasteiger partial charge in [-0.05, 0) is 66.2 Å². The molecular weight excluding hydrogens is 658 g/mol. The lowest BCUT2D eigenvalue weighted by molar-refractivity contribution is -0.122. The van der Waals surface area contributed by atoms with Crippen molar-refractivity contribution in [2.24, 2.45) is 5.92 Å². The molecule has 3 heterocycles. The summed E-state index contributed by atoms with van der Waals surface area (Å²) in [5, 5.41) is 12.7.